The second-order valence-corrected chi connectivity index (χ2v) is 4.62. The molecule has 0 atom stereocenters. The predicted octanol–water partition coefficient (Wildman–Crippen LogP) is 2.99. The minimum absolute atomic E-state index is 0.134. The van der Waals surface area contributed by atoms with Gasteiger partial charge in [0, 0.05) is 5.69 Å². The highest BCUT2D eigenvalue weighted by atomic mass is 19.4. The fraction of sp³-hybridized carbons (Fsp3) is 0.133. The molecule has 0 radical (unpaired) electrons. The number of rotatable bonds is 2. The molecule has 2 amide bonds. The number of hydrogen-bond acceptors (Lipinski definition) is 3. The van der Waals surface area contributed by atoms with E-state index in [1.165, 1.54) is 18.2 Å². The maximum Gasteiger partial charge on any atom is 0.418 e. The number of benzene rings is 1. The van der Waals surface area contributed by atoms with Gasteiger partial charge in [-0.3, -0.25) is 9.59 Å². The van der Waals surface area contributed by atoms with E-state index in [0.29, 0.717) is 5.69 Å². The van der Waals surface area contributed by atoms with Crippen LogP contribution in [0.15, 0.2) is 42.5 Å². The summed E-state index contributed by atoms with van der Waals surface area (Å²) in [6.07, 6.45) is -4.64. The van der Waals surface area contributed by atoms with Gasteiger partial charge in [0.1, 0.15) is 5.82 Å². The number of amides is 2. The van der Waals surface area contributed by atoms with E-state index in [4.69, 9.17) is 0 Å². The second kappa shape index (κ2) is 6.47. The summed E-state index contributed by atoms with van der Waals surface area (Å²) in [6.45, 7) is 1.69. The van der Waals surface area contributed by atoms with Crippen LogP contribution in [0.3, 0.4) is 0 Å². The molecule has 2 aromatic rings. The molecule has 0 fully saturated rings. The van der Waals surface area contributed by atoms with E-state index in [-0.39, 0.29) is 5.82 Å². The molecule has 0 unspecified atom stereocenters. The van der Waals surface area contributed by atoms with Gasteiger partial charge in [0.25, 0.3) is 0 Å². The Labute approximate surface area is 129 Å². The first-order valence-electron chi connectivity index (χ1n) is 6.49. The van der Waals surface area contributed by atoms with E-state index in [0.717, 1.165) is 12.1 Å². The van der Waals surface area contributed by atoms with Crippen LogP contribution in [0.2, 0.25) is 0 Å². The molecular weight excluding hydrogens is 311 g/mol. The Hall–Kier alpha value is -2.90. The first-order valence-corrected chi connectivity index (χ1v) is 6.49. The number of pyridine rings is 1. The van der Waals surface area contributed by atoms with Crippen LogP contribution in [0.25, 0.3) is 0 Å². The van der Waals surface area contributed by atoms with Crippen molar-refractivity contribution in [2.45, 2.75) is 13.1 Å². The lowest BCUT2D eigenvalue weighted by molar-refractivity contribution is -0.137. The van der Waals surface area contributed by atoms with Crippen LogP contribution in [-0.4, -0.2) is 16.8 Å². The van der Waals surface area contributed by atoms with Crippen molar-refractivity contribution in [2.24, 2.45) is 0 Å². The van der Waals surface area contributed by atoms with Crippen LogP contribution < -0.4 is 10.6 Å². The van der Waals surface area contributed by atoms with E-state index in [1.807, 2.05) is 5.32 Å². The molecule has 1 heterocycles. The zero-order valence-electron chi connectivity index (χ0n) is 11.9. The van der Waals surface area contributed by atoms with Crippen LogP contribution in [0.4, 0.5) is 24.7 Å². The molecule has 5 nitrogen and oxygen atoms in total. The summed E-state index contributed by atoms with van der Waals surface area (Å²) in [5.74, 6) is -2.20. The van der Waals surface area contributed by atoms with E-state index >= 15 is 0 Å². The number of aryl methyl sites for hydroxylation is 1. The topological polar surface area (TPSA) is 71.1 Å². The molecule has 2 rings (SSSR count). The molecular formula is C15H12F3N3O2. The third kappa shape index (κ3) is 4.29. The number of carbonyl (C=O) groups excluding carboxylic acids is 2. The number of para-hydroxylation sites is 1. The molecule has 120 valence electrons. The van der Waals surface area contributed by atoms with Crippen molar-refractivity contribution in [1.29, 1.82) is 0 Å². The normalized spacial score (nSPS) is 11.0. The van der Waals surface area contributed by atoms with E-state index in [1.54, 1.807) is 19.1 Å². The molecule has 0 bridgehead atoms. The maximum absolute atomic E-state index is 12.8. The SMILES string of the molecule is Cc1cccc(NC(=O)C(=O)Nc2ccccc2C(F)(F)F)n1. The van der Waals surface area contributed by atoms with E-state index in [9.17, 15) is 22.8 Å². The average molecular weight is 323 g/mol. The summed E-state index contributed by atoms with van der Waals surface area (Å²) in [5, 5.41) is 4.17. The molecule has 8 heteroatoms. The Kier molecular flexibility index (Phi) is 4.63. The van der Waals surface area contributed by atoms with Crippen LogP contribution in [0.5, 0.6) is 0 Å². The van der Waals surface area contributed by atoms with Gasteiger partial charge < -0.3 is 10.6 Å². The van der Waals surface area contributed by atoms with E-state index in [2.05, 4.69) is 10.3 Å². The molecule has 2 N–H and O–H groups in total. The molecule has 0 spiro atoms. The smallest absolute Gasteiger partial charge is 0.317 e. The third-order valence-electron chi connectivity index (χ3n) is 2.82. The van der Waals surface area contributed by atoms with Crippen LogP contribution >= 0.6 is 0 Å². The average Bonchev–Trinajstić information content (AvgIpc) is 2.46. The zero-order valence-corrected chi connectivity index (χ0v) is 11.9. The molecule has 0 aliphatic carbocycles. The number of nitrogens with zero attached hydrogens (tertiary/aromatic N) is 1. The predicted molar refractivity (Wildman–Crippen MR) is 77.7 cm³/mol. The van der Waals surface area contributed by atoms with Crippen LogP contribution in [0.1, 0.15) is 11.3 Å². The van der Waals surface area contributed by atoms with Crippen LogP contribution in [0, 0.1) is 6.92 Å². The van der Waals surface area contributed by atoms with Gasteiger partial charge in [0.05, 0.1) is 11.3 Å². The van der Waals surface area contributed by atoms with Crippen molar-refractivity contribution in [1.82, 2.24) is 4.98 Å². The second-order valence-electron chi connectivity index (χ2n) is 4.62. The fourth-order valence-corrected chi connectivity index (χ4v) is 1.80. The minimum atomic E-state index is -4.64. The number of anilines is 2. The molecule has 0 saturated carbocycles. The van der Waals surface area contributed by atoms with Crippen molar-refractivity contribution in [3.63, 3.8) is 0 Å². The van der Waals surface area contributed by atoms with Gasteiger partial charge in [-0.05, 0) is 31.2 Å². The summed E-state index contributed by atoms with van der Waals surface area (Å²) in [5.41, 5.74) is -0.905. The molecule has 0 aliphatic rings. The van der Waals surface area contributed by atoms with Crippen molar-refractivity contribution < 1.29 is 22.8 Å². The highest BCUT2D eigenvalue weighted by Gasteiger charge is 2.34. The largest absolute Gasteiger partial charge is 0.418 e. The molecule has 1 aromatic heterocycles. The summed E-state index contributed by atoms with van der Waals surface area (Å²) >= 11 is 0. The lowest BCUT2D eigenvalue weighted by atomic mass is 10.1. The van der Waals surface area contributed by atoms with Gasteiger partial charge >= 0.3 is 18.0 Å². The van der Waals surface area contributed by atoms with Gasteiger partial charge in [-0.25, -0.2) is 4.98 Å². The van der Waals surface area contributed by atoms with Gasteiger partial charge in [-0.1, -0.05) is 18.2 Å². The maximum atomic E-state index is 12.8. The number of nitrogens with one attached hydrogen (secondary N) is 2. The van der Waals surface area contributed by atoms with Crippen molar-refractivity contribution >= 4 is 23.3 Å². The highest BCUT2D eigenvalue weighted by molar-refractivity contribution is 6.43. The summed E-state index contributed by atoms with van der Waals surface area (Å²) in [7, 11) is 0. The first-order chi connectivity index (χ1) is 10.8. The van der Waals surface area contributed by atoms with Crippen molar-refractivity contribution in [2.75, 3.05) is 10.6 Å². The minimum Gasteiger partial charge on any atom is -0.317 e. The first kappa shape index (κ1) is 16.5. The fourth-order valence-electron chi connectivity index (χ4n) is 1.80. The lowest BCUT2D eigenvalue weighted by Crippen LogP contribution is -2.30. The number of hydrogen-bond donors (Lipinski definition) is 2. The standard InChI is InChI=1S/C15H12F3N3O2/c1-9-5-4-8-12(19-9)21-14(23)13(22)20-11-7-3-2-6-10(11)15(16,17)18/h2-8H,1H3,(H,20,22)(H,19,21,23). The van der Waals surface area contributed by atoms with Gasteiger partial charge in [-0.15, -0.1) is 0 Å². The van der Waals surface area contributed by atoms with Gasteiger partial charge in [0.2, 0.25) is 0 Å². The van der Waals surface area contributed by atoms with Gasteiger partial charge in [0.15, 0.2) is 0 Å². The van der Waals surface area contributed by atoms with E-state index < -0.39 is 29.2 Å². The Morgan fingerprint density at radius 2 is 1.61 bits per heavy atom. The van der Waals surface area contributed by atoms with Crippen molar-refractivity contribution in [3.05, 3.63) is 53.7 Å². The quantitative estimate of drug-likeness (QED) is 0.835. The lowest BCUT2D eigenvalue weighted by Gasteiger charge is -2.13. The molecule has 1 aromatic carbocycles. The summed E-state index contributed by atoms with van der Waals surface area (Å²) in [4.78, 5) is 27.5. The third-order valence-corrected chi connectivity index (χ3v) is 2.82. The molecule has 0 saturated heterocycles. The van der Waals surface area contributed by atoms with Gasteiger partial charge in [-0.2, -0.15) is 13.2 Å². The van der Waals surface area contributed by atoms with Crippen molar-refractivity contribution in [3.8, 4) is 0 Å². The Morgan fingerprint density at radius 3 is 2.26 bits per heavy atom. The molecule has 0 aliphatic heterocycles. The number of halogens is 3. The zero-order chi connectivity index (χ0) is 17.0. The highest BCUT2D eigenvalue weighted by Crippen LogP contribution is 2.34. The van der Waals surface area contributed by atoms with Crippen LogP contribution in [-0.2, 0) is 15.8 Å². The number of alkyl halides is 3. The summed E-state index contributed by atoms with van der Waals surface area (Å²) < 4.78 is 38.5. The summed E-state index contributed by atoms with van der Waals surface area (Å²) in [6, 6.07) is 9.17. The number of aromatic nitrogens is 1. The molecule has 23 heavy (non-hydrogen) atoms. The Morgan fingerprint density at radius 1 is 0.957 bits per heavy atom. The Bertz CT molecular complexity index is 745. The monoisotopic (exact) mass is 323 g/mol. The Balaban J connectivity index is 2.12. The number of carbonyl (C=O) groups is 2.